The van der Waals surface area contributed by atoms with Crippen molar-refractivity contribution < 1.29 is 28.1 Å². The highest BCUT2D eigenvalue weighted by molar-refractivity contribution is 5.16. The Hall–Kier alpha value is -3.39. The first-order chi connectivity index (χ1) is 19.8. The molecule has 1 saturated heterocycles. The van der Waals surface area contributed by atoms with E-state index in [0.717, 1.165) is 22.3 Å². The van der Waals surface area contributed by atoms with Crippen LogP contribution in [0.5, 0.6) is 0 Å². The molecule has 4 aromatic rings. The largest absolute Gasteiger partial charge is 0.374 e. The summed E-state index contributed by atoms with van der Waals surface area (Å²) in [6, 6.07) is 39.2. The molecule has 5 nitrogen and oxygen atoms in total. The third kappa shape index (κ3) is 8.07. The van der Waals surface area contributed by atoms with Crippen LogP contribution in [0, 0.1) is 0 Å². The second-order valence-corrected chi connectivity index (χ2v) is 9.81. The molecule has 1 aliphatic heterocycles. The van der Waals surface area contributed by atoms with Crippen molar-refractivity contribution in [3.8, 4) is 0 Å². The summed E-state index contributed by atoms with van der Waals surface area (Å²) in [5, 5.41) is 0. The Labute approximate surface area is 235 Å². The molecule has 0 amide bonds. The van der Waals surface area contributed by atoms with Gasteiger partial charge in [0.15, 0.2) is 0 Å². The number of halogens is 1. The molecule has 0 bridgehead atoms. The Bertz CT molecular complexity index is 1240. The molecule has 1 aliphatic rings. The Morgan fingerprint density at radius 3 is 1.30 bits per heavy atom. The lowest BCUT2D eigenvalue weighted by Crippen LogP contribution is -2.60. The number of alkyl halides is 1. The highest BCUT2D eigenvalue weighted by atomic mass is 19.1. The van der Waals surface area contributed by atoms with Crippen LogP contribution in [0.25, 0.3) is 0 Å². The van der Waals surface area contributed by atoms with Crippen LogP contribution in [-0.2, 0) is 50.1 Å². The molecule has 5 rings (SSSR count). The lowest BCUT2D eigenvalue weighted by Gasteiger charge is -2.43. The molecule has 5 atom stereocenters. The molecule has 6 heteroatoms. The fraction of sp³-hybridized carbons (Fsp3) is 0.294. The van der Waals surface area contributed by atoms with Gasteiger partial charge in [-0.2, -0.15) is 0 Å². The molecule has 40 heavy (non-hydrogen) atoms. The fourth-order valence-electron chi connectivity index (χ4n) is 4.73. The van der Waals surface area contributed by atoms with Gasteiger partial charge in [-0.3, -0.25) is 0 Å². The zero-order valence-corrected chi connectivity index (χ0v) is 22.4. The summed E-state index contributed by atoms with van der Waals surface area (Å²) in [7, 11) is 0. The predicted molar refractivity (Wildman–Crippen MR) is 151 cm³/mol. The topological polar surface area (TPSA) is 46.2 Å². The average Bonchev–Trinajstić information content (AvgIpc) is 3.01. The smallest absolute Gasteiger partial charge is 0.228 e. The van der Waals surface area contributed by atoms with Gasteiger partial charge in [-0.25, -0.2) is 4.39 Å². The van der Waals surface area contributed by atoms with Gasteiger partial charge in [-0.15, -0.1) is 0 Å². The van der Waals surface area contributed by atoms with E-state index < -0.39 is 30.8 Å². The van der Waals surface area contributed by atoms with Gasteiger partial charge in [-0.05, 0) is 22.3 Å². The van der Waals surface area contributed by atoms with E-state index in [4.69, 9.17) is 23.7 Å². The zero-order chi connectivity index (χ0) is 27.4. The molecule has 0 aromatic heterocycles. The third-order valence-corrected chi connectivity index (χ3v) is 6.83. The van der Waals surface area contributed by atoms with Gasteiger partial charge in [0.05, 0.1) is 33.0 Å². The normalized spacial score (nSPS) is 22.7. The first-order valence-electron chi connectivity index (χ1n) is 13.6. The van der Waals surface area contributed by atoms with Gasteiger partial charge < -0.3 is 23.7 Å². The van der Waals surface area contributed by atoms with Crippen LogP contribution in [0.3, 0.4) is 0 Å². The van der Waals surface area contributed by atoms with E-state index in [1.165, 1.54) is 0 Å². The Kier molecular flexibility index (Phi) is 10.4. The molecule has 1 fully saturated rings. The van der Waals surface area contributed by atoms with Gasteiger partial charge in [0, 0.05) is 0 Å². The predicted octanol–water partition coefficient (Wildman–Crippen LogP) is 6.65. The fourth-order valence-corrected chi connectivity index (χ4v) is 4.73. The quantitative estimate of drug-likeness (QED) is 0.189. The van der Waals surface area contributed by atoms with E-state index in [0.29, 0.717) is 13.2 Å². The van der Waals surface area contributed by atoms with Crippen molar-refractivity contribution in [1.29, 1.82) is 0 Å². The van der Waals surface area contributed by atoms with Crippen molar-refractivity contribution in [2.24, 2.45) is 0 Å². The van der Waals surface area contributed by atoms with Gasteiger partial charge in [0.25, 0.3) is 0 Å². The minimum Gasteiger partial charge on any atom is -0.374 e. The summed E-state index contributed by atoms with van der Waals surface area (Å²) >= 11 is 0. The van der Waals surface area contributed by atoms with Crippen LogP contribution < -0.4 is 0 Å². The summed E-state index contributed by atoms with van der Waals surface area (Å²) < 4.78 is 46.6. The van der Waals surface area contributed by atoms with Crippen molar-refractivity contribution >= 4 is 0 Å². The maximum absolute atomic E-state index is 15.7. The second-order valence-electron chi connectivity index (χ2n) is 9.81. The van der Waals surface area contributed by atoms with Crippen molar-refractivity contribution in [1.82, 2.24) is 0 Å². The van der Waals surface area contributed by atoms with Crippen LogP contribution >= 0.6 is 0 Å². The number of benzene rings is 4. The monoisotopic (exact) mass is 542 g/mol. The summed E-state index contributed by atoms with van der Waals surface area (Å²) in [4.78, 5) is 0. The Balaban J connectivity index is 1.36. The minimum atomic E-state index is -1.72. The Morgan fingerprint density at radius 2 is 0.850 bits per heavy atom. The van der Waals surface area contributed by atoms with E-state index in [1.807, 2.05) is 121 Å². The van der Waals surface area contributed by atoms with Gasteiger partial charge in [0.1, 0.15) is 24.4 Å². The van der Waals surface area contributed by atoms with Crippen molar-refractivity contribution in [3.05, 3.63) is 144 Å². The lowest BCUT2D eigenvalue weighted by atomic mass is 9.98. The minimum absolute atomic E-state index is 0.144. The highest BCUT2D eigenvalue weighted by Crippen LogP contribution is 2.31. The highest BCUT2D eigenvalue weighted by Gasteiger charge is 2.48. The summed E-state index contributed by atoms with van der Waals surface area (Å²) in [6.45, 7) is 1.35. The van der Waals surface area contributed by atoms with E-state index in [-0.39, 0.29) is 19.8 Å². The summed E-state index contributed by atoms with van der Waals surface area (Å²) in [5.41, 5.74) is 3.94. The number of ether oxygens (including phenoxy) is 5. The van der Waals surface area contributed by atoms with Crippen LogP contribution in [-0.4, -0.2) is 37.4 Å². The van der Waals surface area contributed by atoms with Crippen LogP contribution in [0.4, 0.5) is 4.39 Å². The van der Waals surface area contributed by atoms with E-state index in [9.17, 15) is 0 Å². The molecule has 0 N–H and O–H groups in total. The SMILES string of the molecule is F[C@@H]1O[C@H](COCc2ccccc2)[C@@H](OCc2ccccc2)[C@@H](OCc2ccccc2)[C@H]1OCc1ccccc1. The van der Waals surface area contributed by atoms with E-state index >= 15 is 4.39 Å². The third-order valence-electron chi connectivity index (χ3n) is 6.83. The number of hydrogen-bond donors (Lipinski definition) is 0. The van der Waals surface area contributed by atoms with Gasteiger partial charge in [0.2, 0.25) is 6.36 Å². The lowest BCUT2D eigenvalue weighted by molar-refractivity contribution is -0.298. The molecule has 0 spiro atoms. The first kappa shape index (κ1) is 28.1. The van der Waals surface area contributed by atoms with Crippen LogP contribution in [0.1, 0.15) is 22.3 Å². The summed E-state index contributed by atoms with van der Waals surface area (Å²) in [5.74, 6) is 0. The van der Waals surface area contributed by atoms with E-state index in [1.54, 1.807) is 0 Å². The first-order valence-corrected chi connectivity index (χ1v) is 13.6. The average molecular weight is 543 g/mol. The maximum Gasteiger partial charge on any atom is 0.228 e. The van der Waals surface area contributed by atoms with Crippen molar-refractivity contribution in [3.63, 3.8) is 0 Å². The van der Waals surface area contributed by atoms with Crippen LogP contribution in [0.15, 0.2) is 121 Å². The molecule has 1 heterocycles. The standard InChI is InChI=1S/C34H35FO5/c35-34-33(39-24-29-19-11-4-12-20-29)32(38-23-28-17-9-3-10-18-28)31(37-22-27-15-7-2-8-16-27)30(40-34)25-36-21-26-13-5-1-6-14-26/h1-20,30-34H,21-25H2/t30-,31-,32-,33-,34-/m1/s1. The maximum atomic E-state index is 15.7. The van der Waals surface area contributed by atoms with Gasteiger partial charge in [-0.1, -0.05) is 121 Å². The second kappa shape index (κ2) is 14.8. The molecular weight excluding hydrogens is 507 g/mol. The van der Waals surface area contributed by atoms with Crippen molar-refractivity contribution in [2.75, 3.05) is 6.61 Å². The van der Waals surface area contributed by atoms with Gasteiger partial charge >= 0.3 is 0 Å². The van der Waals surface area contributed by atoms with Crippen molar-refractivity contribution in [2.45, 2.75) is 57.2 Å². The number of hydrogen-bond acceptors (Lipinski definition) is 5. The molecule has 0 unspecified atom stereocenters. The number of rotatable bonds is 13. The summed E-state index contributed by atoms with van der Waals surface area (Å²) in [6.07, 6.45) is -4.77. The Morgan fingerprint density at radius 1 is 0.475 bits per heavy atom. The molecule has 208 valence electrons. The molecule has 0 aliphatic carbocycles. The molecule has 4 aromatic carbocycles. The molecular formula is C34H35FO5. The van der Waals surface area contributed by atoms with E-state index in [2.05, 4.69) is 0 Å². The molecule has 0 radical (unpaired) electrons. The van der Waals surface area contributed by atoms with Crippen LogP contribution in [0.2, 0.25) is 0 Å². The molecule has 0 saturated carbocycles. The zero-order valence-electron chi connectivity index (χ0n) is 22.4.